The van der Waals surface area contributed by atoms with Crippen molar-refractivity contribution in [1.82, 2.24) is 15.5 Å². The first-order valence-electron chi connectivity index (χ1n) is 10.0. The molecule has 6 heteroatoms. The van der Waals surface area contributed by atoms with Crippen LogP contribution in [0.4, 0.5) is 0 Å². The van der Waals surface area contributed by atoms with Crippen LogP contribution < -0.4 is 10.6 Å². The minimum atomic E-state index is 0. The van der Waals surface area contributed by atoms with Gasteiger partial charge in [0, 0.05) is 39.3 Å². The highest BCUT2D eigenvalue weighted by Crippen LogP contribution is 2.23. The molecule has 0 aliphatic heterocycles. The van der Waals surface area contributed by atoms with Crippen molar-refractivity contribution in [2.24, 2.45) is 4.99 Å². The van der Waals surface area contributed by atoms with E-state index in [9.17, 15) is 0 Å². The van der Waals surface area contributed by atoms with Gasteiger partial charge in [-0.2, -0.15) is 0 Å². The van der Waals surface area contributed by atoms with Gasteiger partial charge in [0.05, 0.1) is 6.61 Å². The Hall–Kier alpha value is -0.860. The number of halogens is 1. The normalized spacial score (nSPS) is 15.5. The summed E-state index contributed by atoms with van der Waals surface area (Å²) >= 11 is 0. The zero-order valence-electron chi connectivity index (χ0n) is 17.2. The Morgan fingerprint density at radius 1 is 1.15 bits per heavy atom. The van der Waals surface area contributed by atoms with E-state index in [4.69, 9.17) is 4.74 Å². The second kappa shape index (κ2) is 14.2. The third kappa shape index (κ3) is 8.79. The molecule has 27 heavy (non-hydrogen) atoms. The van der Waals surface area contributed by atoms with Gasteiger partial charge in [0.15, 0.2) is 5.96 Å². The van der Waals surface area contributed by atoms with E-state index in [1.54, 1.807) is 7.05 Å². The molecule has 2 rings (SSSR count). The van der Waals surface area contributed by atoms with Gasteiger partial charge in [-0.25, -0.2) is 0 Å². The topological polar surface area (TPSA) is 48.9 Å². The van der Waals surface area contributed by atoms with Crippen molar-refractivity contribution in [3.8, 4) is 0 Å². The van der Waals surface area contributed by atoms with Crippen LogP contribution in [-0.2, 0) is 17.8 Å². The number of hydrogen-bond donors (Lipinski definition) is 2. The first-order valence-corrected chi connectivity index (χ1v) is 10.0. The van der Waals surface area contributed by atoms with Crippen LogP contribution >= 0.6 is 24.0 Å². The summed E-state index contributed by atoms with van der Waals surface area (Å²) in [5.41, 5.74) is 2.74. The van der Waals surface area contributed by atoms with Crippen molar-refractivity contribution in [1.29, 1.82) is 0 Å². The van der Waals surface area contributed by atoms with Crippen LogP contribution in [0.25, 0.3) is 0 Å². The lowest BCUT2D eigenvalue weighted by molar-refractivity contribution is 0.152. The smallest absolute Gasteiger partial charge is 0.191 e. The van der Waals surface area contributed by atoms with Crippen molar-refractivity contribution in [2.45, 2.75) is 58.2 Å². The number of guanidine groups is 1. The lowest BCUT2D eigenvalue weighted by Gasteiger charge is -2.31. The van der Waals surface area contributed by atoms with E-state index in [1.165, 1.54) is 43.2 Å². The summed E-state index contributed by atoms with van der Waals surface area (Å²) in [4.78, 5) is 6.83. The van der Waals surface area contributed by atoms with Gasteiger partial charge in [-0.05, 0) is 37.9 Å². The number of nitrogens with zero attached hydrogens (tertiary/aromatic N) is 2. The van der Waals surface area contributed by atoms with E-state index >= 15 is 0 Å². The molecule has 2 N–H and O–H groups in total. The van der Waals surface area contributed by atoms with Gasteiger partial charge in [-0.15, -0.1) is 24.0 Å². The molecule has 0 saturated heterocycles. The summed E-state index contributed by atoms with van der Waals surface area (Å²) in [6.07, 6.45) is 6.84. The van der Waals surface area contributed by atoms with Crippen LogP contribution in [-0.4, -0.2) is 50.8 Å². The first kappa shape index (κ1) is 24.2. The summed E-state index contributed by atoms with van der Waals surface area (Å²) in [7, 11) is 4.08. The minimum Gasteiger partial charge on any atom is -0.380 e. The molecule has 0 bridgehead atoms. The second-order valence-corrected chi connectivity index (χ2v) is 7.03. The molecular weight excluding hydrogens is 451 g/mol. The van der Waals surface area contributed by atoms with E-state index in [-0.39, 0.29) is 24.0 Å². The third-order valence-corrected chi connectivity index (χ3v) is 5.15. The second-order valence-electron chi connectivity index (χ2n) is 7.03. The van der Waals surface area contributed by atoms with Crippen LogP contribution in [0.15, 0.2) is 29.3 Å². The SMILES string of the molecule is CCOCCNC(=NC)NCc1ccccc1CN(C)C1CCCCC1.I. The van der Waals surface area contributed by atoms with Gasteiger partial charge in [0.25, 0.3) is 0 Å². The molecule has 1 fully saturated rings. The number of benzene rings is 1. The van der Waals surface area contributed by atoms with Crippen molar-refractivity contribution in [3.63, 3.8) is 0 Å². The van der Waals surface area contributed by atoms with Gasteiger partial charge >= 0.3 is 0 Å². The molecule has 1 aromatic carbocycles. The molecule has 0 radical (unpaired) electrons. The summed E-state index contributed by atoms with van der Waals surface area (Å²) in [5, 5.41) is 6.71. The van der Waals surface area contributed by atoms with E-state index in [0.29, 0.717) is 6.61 Å². The summed E-state index contributed by atoms with van der Waals surface area (Å²) in [6.45, 7) is 6.01. The van der Waals surface area contributed by atoms with Crippen LogP contribution in [0.2, 0.25) is 0 Å². The van der Waals surface area contributed by atoms with Crippen LogP contribution in [0.1, 0.15) is 50.2 Å². The van der Waals surface area contributed by atoms with Crippen molar-refractivity contribution in [2.75, 3.05) is 33.9 Å². The van der Waals surface area contributed by atoms with Crippen LogP contribution in [0.3, 0.4) is 0 Å². The van der Waals surface area contributed by atoms with Crippen molar-refractivity contribution in [3.05, 3.63) is 35.4 Å². The third-order valence-electron chi connectivity index (χ3n) is 5.15. The van der Waals surface area contributed by atoms with Crippen molar-refractivity contribution < 1.29 is 4.74 Å². The maximum atomic E-state index is 5.36. The lowest BCUT2D eigenvalue weighted by atomic mass is 9.94. The molecule has 0 heterocycles. The number of rotatable bonds is 9. The number of nitrogens with one attached hydrogen (secondary N) is 2. The Balaban J connectivity index is 0.00000364. The first-order chi connectivity index (χ1) is 12.7. The molecule has 0 amide bonds. The van der Waals surface area contributed by atoms with Gasteiger partial charge in [0.2, 0.25) is 0 Å². The maximum absolute atomic E-state index is 5.36. The molecule has 1 saturated carbocycles. The van der Waals surface area contributed by atoms with Gasteiger partial charge < -0.3 is 15.4 Å². The highest BCUT2D eigenvalue weighted by atomic mass is 127. The minimum absolute atomic E-state index is 0. The molecule has 0 spiro atoms. The Kier molecular flexibility index (Phi) is 12.7. The Morgan fingerprint density at radius 2 is 1.85 bits per heavy atom. The lowest BCUT2D eigenvalue weighted by Crippen LogP contribution is -2.39. The molecule has 5 nitrogen and oxygen atoms in total. The number of ether oxygens (including phenoxy) is 1. The summed E-state index contributed by atoms with van der Waals surface area (Å²) in [5.74, 6) is 0.820. The molecule has 154 valence electrons. The maximum Gasteiger partial charge on any atom is 0.191 e. The fraction of sp³-hybridized carbons (Fsp3) is 0.667. The monoisotopic (exact) mass is 488 g/mol. The van der Waals surface area contributed by atoms with Gasteiger partial charge in [0.1, 0.15) is 0 Å². The van der Waals surface area contributed by atoms with E-state index in [0.717, 1.165) is 38.2 Å². The quantitative estimate of drug-likeness (QED) is 0.241. The highest BCUT2D eigenvalue weighted by Gasteiger charge is 2.18. The average molecular weight is 488 g/mol. The zero-order chi connectivity index (χ0) is 18.6. The van der Waals surface area contributed by atoms with Gasteiger partial charge in [-0.1, -0.05) is 43.5 Å². The van der Waals surface area contributed by atoms with Crippen LogP contribution in [0.5, 0.6) is 0 Å². The molecule has 1 aliphatic rings. The number of hydrogen-bond acceptors (Lipinski definition) is 3. The van der Waals surface area contributed by atoms with E-state index in [2.05, 4.69) is 51.8 Å². The molecule has 0 unspecified atom stereocenters. The molecule has 0 atom stereocenters. The molecular formula is C21H37IN4O. The predicted molar refractivity (Wildman–Crippen MR) is 125 cm³/mol. The van der Waals surface area contributed by atoms with E-state index < -0.39 is 0 Å². The standard InChI is InChI=1S/C21H36N4O.HI/c1-4-26-15-14-23-21(22-2)24-16-18-10-8-9-11-19(18)17-25(3)20-12-6-5-7-13-20;/h8-11,20H,4-7,12-17H2,1-3H3,(H2,22,23,24);1H. The van der Waals surface area contributed by atoms with Crippen molar-refractivity contribution >= 4 is 29.9 Å². The van der Waals surface area contributed by atoms with E-state index in [1.807, 2.05) is 6.92 Å². The zero-order valence-corrected chi connectivity index (χ0v) is 19.5. The Bertz CT molecular complexity index is 547. The Labute approximate surface area is 182 Å². The van der Waals surface area contributed by atoms with Gasteiger partial charge in [-0.3, -0.25) is 9.89 Å². The summed E-state index contributed by atoms with van der Waals surface area (Å²) < 4.78 is 5.36. The predicted octanol–water partition coefficient (Wildman–Crippen LogP) is 3.77. The largest absolute Gasteiger partial charge is 0.380 e. The highest BCUT2D eigenvalue weighted by molar-refractivity contribution is 14.0. The average Bonchev–Trinajstić information content (AvgIpc) is 2.69. The fourth-order valence-electron chi connectivity index (χ4n) is 3.59. The number of aliphatic imine (C=N–C) groups is 1. The molecule has 1 aromatic rings. The fourth-order valence-corrected chi connectivity index (χ4v) is 3.59. The molecule has 0 aromatic heterocycles. The Morgan fingerprint density at radius 3 is 2.52 bits per heavy atom. The molecule has 1 aliphatic carbocycles. The van der Waals surface area contributed by atoms with Crippen LogP contribution in [0, 0.1) is 0 Å². The summed E-state index contributed by atoms with van der Waals surface area (Å²) in [6, 6.07) is 9.46.